The molecule has 2 saturated heterocycles. The van der Waals surface area contributed by atoms with Crippen LogP contribution in [-0.4, -0.2) is 75.5 Å². The number of hydrogen-bond acceptors (Lipinski definition) is 6. The molecule has 48 heavy (non-hydrogen) atoms. The summed E-state index contributed by atoms with van der Waals surface area (Å²) < 4.78 is 12.4. The zero-order valence-corrected chi connectivity index (χ0v) is 30.0. The highest BCUT2D eigenvalue weighted by Gasteiger charge is 2.51. The van der Waals surface area contributed by atoms with Crippen molar-refractivity contribution in [2.24, 2.45) is 11.8 Å². The van der Waals surface area contributed by atoms with Crippen molar-refractivity contribution in [3.05, 3.63) is 90.0 Å². The van der Waals surface area contributed by atoms with E-state index >= 15 is 0 Å². The summed E-state index contributed by atoms with van der Waals surface area (Å²) in [5.41, 5.74) is 3.24. The number of piperidine rings is 1. The van der Waals surface area contributed by atoms with Crippen LogP contribution in [0.2, 0.25) is 18.6 Å². The van der Waals surface area contributed by atoms with Gasteiger partial charge in [0.25, 0.3) is 0 Å². The van der Waals surface area contributed by atoms with Gasteiger partial charge in [-0.05, 0) is 79.1 Å². The molecule has 5 atom stereocenters. The minimum absolute atomic E-state index is 0.00550. The van der Waals surface area contributed by atoms with Gasteiger partial charge in [0.05, 0.1) is 46.3 Å². The Bertz CT molecular complexity index is 1480. The van der Waals surface area contributed by atoms with Crippen molar-refractivity contribution in [2.75, 3.05) is 38.7 Å². The molecule has 0 spiro atoms. The minimum atomic E-state index is -2.15. The van der Waals surface area contributed by atoms with Crippen LogP contribution in [0.5, 0.6) is 5.75 Å². The molecule has 0 bridgehead atoms. The molecule has 8 nitrogen and oxygen atoms in total. The molecule has 5 rings (SSSR count). The molecule has 0 aromatic heterocycles. The second kappa shape index (κ2) is 16.7. The Balaban J connectivity index is 1.32. The van der Waals surface area contributed by atoms with E-state index in [9.17, 15) is 14.7 Å². The largest absolute Gasteiger partial charge is 0.497 e. The summed E-state index contributed by atoms with van der Waals surface area (Å²) in [6.07, 6.45) is 3.62. The molecule has 2 heterocycles. The smallest absolute Gasteiger partial charge is 0.228 e. The highest BCUT2D eigenvalue weighted by Crippen LogP contribution is 2.46. The van der Waals surface area contributed by atoms with Crippen LogP contribution in [0.4, 0.5) is 5.69 Å². The fourth-order valence-electron chi connectivity index (χ4n) is 7.80. The van der Waals surface area contributed by atoms with Crippen molar-refractivity contribution in [2.45, 2.75) is 76.4 Å². The molecule has 2 fully saturated rings. The second-order valence-corrected chi connectivity index (χ2v) is 18.7. The monoisotopic (exact) mass is 671 g/mol. The number of carbonyl (C=O) groups is 2. The normalized spacial score (nSPS) is 22.6. The van der Waals surface area contributed by atoms with Gasteiger partial charge in [-0.1, -0.05) is 79.8 Å². The number of methoxy groups -OCH3 is 1. The molecule has 3 aromatic rings. The fraction of sp³-hybridized carbons (Fsp3) is 0.487. The topological polar surface area (TPSA) is 100 Å². The van der Waals surface area contributed by atoms with Gasteiger partial charge in [-0.15, -0.1) is 0 Å². The first-order valence-electron chi connectivity index (χ1n) is 17.5. The van der Waals surface area contributed by atoms with Gasteiger partial charge in [-0.3, -0.25) is 9.59 Å². The Hall–Kier alpha value is -3.50. The van der Waals surface area contributed by atoms with Gasteiger partial charge in [-0.25, -0.2) is 0 Å². The Labute approximate surface area is 287 Å². The van der Waals surface area contributed by atoms with E-state index in [1.807, 2.05) is 54.6 Å². The maximum absolute atomic E-state index is 13.9. The number of carbonyl (C=O) groups excluding carboxylic acids is 2. The second-order valence-electron chi connectivity index (χ2n) is 14.0. The molecule has 0 radical (unpaired) electrons. The first kappa shape index (κ1) is 35.8. The van der Waals surface area contributed by atoms with Gasteiger partial charge in [-0.2, -0.15) is 0 Å². The first-order chi connectivity index (χ1) is 23.2. The van der Waals surface area contributed by atoms with E-state index < -0.39 is 8.07 Å². The number of aliphatic hydroxyl groups excluding tert-OH is 1. The summed E-state index contributed by atoms with van der Waals surface area (Å²) in [5.74, 6) is 1.17. The van der Waals surface area contributed by atoms with Crippen molar-refractivity contribution < 1.29 is 24.2 Å². The summed E-state index contributed by atoms with van der Waals surface area (Å²) in [6, 6.07) is 26.5. The zero-order chi connectivity index (χ0) is 34.1. The lowest BCUT2D eigenvalue weighted by atomic mass is 9.94. The molecule has 2 aliphatic heterocycles. The number of anilines is 1. The number of aryl methyl sites for hydroxylation is 1. The molecule has 0 aliphatic carbocycles. The molecule has 258 valence electrons. The molecule has 2 amide bonds. The van der Waals surface area contributed by atoms with Gasteiger partial charge < -0.3 is 30.1 Å². The third-order valence-electron chi connectivity index (χ3n) is 10.5. The zero-order valence-electron chi connectivity index (χ0n) is 29.0. The summed E-state index contributed by atoms with van der Waals surface area (Å²) >= 11 is 0. The van der Waals surface area contributed by atoms with Crippen LogP contribution >= 0.6 is 0 Å². The number of amides is 2. The SMILES string of the molecule is COc1ccc([Si](C)(C)[C@@H]2[C@@H](C)[C@@H](CCc3cccc(NC(=O)C4CCCNC4)c3)O[C@H]2CC(=O)N(CCO)Cc2ccccc2)cc1. The summed E-state index contributed by atoms with van der Waals surface area (Å²) in [5, 5.41) is 17.6. The molecule has 1 unspecified atom stereocenters. The van der Waals surface area contributed by atoms with E-state index in [4.69, 9.17) is 9.47 Å². The predicted octanol–water partition coefficient (Wildman–Crippen LogP) is 5.37. The van der Waals surface area contributed by atoms with E-state index in [-0.39, 0.29) is 61.0 Å². The van der Waals surface area contributed by atoms with Crippen LogP contribution in [0.15, 0.2) is 78.9 Å². The van der Waals surface area contributed by atoms with Crippen LogP contribution in [0.1, 0.15) is 43.7 Å². The van der Waals surface area contributed by atoms with Gasteiger partial charge in [0, 0.05) is 25.3 Å². The number of nitrogens with one attached hydrogen (secondary N) is 2. The maximum Gasteiger partial charge on any atom is 0.228 e. The molecule has 3 N–H and O–H groups in total. The van der Waals surface area contributed by atoms with E-state index in [1.54, 1.807) is 12.0 Å². The van der Waals surface area contributed by atoms with Gasteiger partial charge >= 0.3 is 0 Å². The molecular weight excluding hydrogens is 619 g/mol. The average Bonchev–Trinajstić information content (AvgIpc) is 3.42. The molecule has 2 aliphatic rings. The van der Waals surface area contributed by atoms with Crippen LogP contribution < -0.4 is 20.6 Å². The number of benzene rings is 3. The molecular formula is C39H53N3O5Si. The lowest BCUT2D eigenvalue weighted by Crippen LogP contribution is -2.51. The Kier molecular flexibility index (Phi) is 12.5. The standard InChI is InChI=1S/C39H53N3O5Si/c1-28-35(20-15-29-12-8-14-32(24-29)41-39(45)31-13-9-21-40-26-31)47-36(38(28)48(3,4)34-18-16-33(46-2)17-19-34)25-37(44)42(22-23-43)27-30-10-6-5-7-11-30/h5-8,10-12,14,16-19,24,28,31,35-36,38,40,43H,9,13,15,20-23,25-27H2,1-4H3,(H,41,45)/t28-,31?,35+,36-,38+/m0/s1. The summed E-state index contributed by atoms with van der Waals surface area (Å²) in [4.78, 5) is 28.5. The van der Waals surface area contributed by atoms with Gasteiger partial charge in [0.2, 0.25) is 11.8 Å². The maximum atomic E-state index is 13.9. The third-order valence-corrected chi connectivity index (χ3v) is 14.9. The van der Waals surface area contributed by atoms with Crippen molar-refractivity contribution in [1.29, 1.82) is 0 Å². The van der Waals surface area contributed by atoms with Crippen molar-refractivity contribution in [3.63, 3.8) is 0 Å². The number of aliphatic hydroxyl groups is 1. The first-order valence-corrected chi connectivity index (χ1v) is 20.6. The molecule has 3 aromatic carbocycles. The lowest BCUT2D eigenvalue weighted by molar-refractivity contribution is -0.135. The van der Waals surface area contributed by atoms with Crippen LogP contribution in [0, 0.1) is 11.8 Å². The highest BCUT2D eigenvalue weighted by atomic mass is 28.3. The van der Waals surface area contributed by atoms with Crippen LogP contribution in [0.3, 0.4) is 0 Å². The Morgan fingerprint density at radius 1 is 1.02 bits per heavy atom. The summed E-state index contributed by atoms with van der Waals surface area (Å²) in [6.45, 7) is 9.44. The minimum Gasteiger partial charge on any atom is -0.497 e. The average molecular weight is 672 g/mol. The Morgan fingerprint density at radius 2 is 1.77 bits per heavy atom. The molecule has 0 saturated carbocycles. The van der Waals surface area contributed by atoms with Crippen molar-refractivity contribution >= 4 is 30.8 Å². The fourth-order valence-corrected chi connectivity index (χ4v) is 11.9. The lowest BCUT2D eigenvalue weighted by Gasteiger charge is -2.36. The third kappa shape index (κ3) is 8.94. The van der Waals surface area contributed by atoms with E-state index in [0.717, 1.165) is 61.3 Å². The van der Waals surface area contributed by atoms with Crippen molar-refractivity contribution in [3.8, 4) is 5.75 Å². The quantitative estimate of drug-likeness (QED) is 0.200. The van der Waals surface area contributed by atoms with E-state index in [0.29, 0.717) is 6.54 Å². The number of rotatable bonds is 14. The number of hydrogen-bond donors (Lipinski definition) is 3. The van der Waals surface area contributed by atoms with Crippen molar-refractivity contribution in [1.82, 2.24) is 10.2 Å². The van der Waals surface area contributed by atoms with Gasteiger partial charge in [0.15, 0.2) is 0 Å². The van der Waals surface area contributed by atoms with Crippen LogP contribution in [0.25, 0.3) is 0 Å². The molecule has 9 heteroatoms. The predicted molar refractivity (Wildman–Crippen MR) is 194 cm³/mol. The summed E-state index contributed by atoms with van der Waals surface area (Å²) in [7, 11) is -0.467. The van der Waals surface area contributed by atoms with E-state index in [1.165, 1.54) is 5.19 Å². The van der Waals surface area contributed by atoms with Crippen LogP contribution in [-0.2, 0) is 27.3 Å². The van der Waals surface area contributed by atoms with Gasteiger partial charge in [0.1, 0.15) is 5.75 Å². The Morgan fingerprint density at radius 3 is 2.46 bits per heavy atom. The number of nitrogens with zero attached hydrogens (tertiary/aromatic N) is 1. The number of ether oxygens (including phenoxy) is 2. The van der Waals surface area contributed by atoms with E-state index in [2.05, 4.69) is 54.9 Å². The highest BCUT2D eigenvalue weighted by molar-refractivity contribution is 6.91.